The van der Waals surface area contributed by atoms with Crippen LogP contribution in [0.4, 0.5) is 0 Å². The van der Waals surface area contributed by atoms with Crippen LogP contribution in [-0.4, -0.2) is 29.0 Å². The number of carbonyl (C=O) groups excluding carboxylic acids is 2. The van der Waals surface area contributed by atoms with Gasteiger partial charge in [-0.1, -0.05) is 45.4 Å². The third-order valence-corrected chi connectivity index (χ3v) is 3.00. The zero-order valence-corrected chi connectivity index (χ0v) is 16.4. The van der Waals surface area contributed by atoms with Crippen LogP contribution in [0.25, 0.3) is 0 Å². The third-order valence-electron chi connectivity index (χ3n) is 3.00. The monoisotopic (exact) mass is 340 g/mol. The summed E-state index contributed by atoms with van der Waals surface area (Å²) in [5.74, 6) is -2.55. The smallest absolute Gasteiger partial charge is 0.550 e. The Morgan fingerprint density at radius 3 is 1.87 bits per heavy atom. The number of nitrogens with two attached hydrogens (primary N) is 2. The molecular weight excluding hydrogens is 311 g/mol. The number of amides is 1. The Morgan fingerprint density at radius 2 is 1.48 bits per heavy atom. The van der Waals surface area contributed by atoms with E-state index in [4.69, 9.17) is 16.6 Å². The molecule has 130 valence electrons. The van der Waals surface area contributed by atoms with Gasteiger partial charge in [0, 0.05) is 12.4 Å². The molecule has 1 unspecified atom stereocenters. The largest absolute Gasteiger partial charge is 1.00 e. The topological polar surface area (TPSA) is 147 Å². The first-order valence-corrected chi connectivity index (χ1v) is 7.77. The molecule has 0 aromatic rings. The number of hydrogen-bond donors (Lipinski definition) is 3. The fourth-order valence-corrected chi connectivity index (χ4v) is 1.65. The Bertz CT molecular complexity index is 327. The molecule has 0 aliphatic heterocycles. The number of carboxylic acid groups (broad SMARTS) is 2. The number of carboxylic acids is 2. The number of hydrogen-bond acceptors (Lipinski definition) is 5. The fraction of sp³-hybridized carbons (Fsp3) is 0.800. The van der Waals surface area contributed by atoms with Gasteiger partial charge in [0.25, 0.3) is 0 Å². The van der Waals surface area contributed by atoms with Gasteiger partial charge in [-0.05, 0) is 19.3 Å². The summed E-state index contributed by atoms with van der Waals surface area (Å²) in [6.45, 7) is 2.19. The number of primary amides is 1. The summed E-state index contributed by atoms with van der Waals surface area (Å²) in [5, 5.41) is 18.2. The molecular formula is C15H29N2NaO5. The SMILES string of the molecule is CCCCCCCCCC(=O)[O-].NC(=O)CCC(N)C(=O)O.[Na+]. The van der Waals surface area contributed by atoms with E-state index in [2.05, 4.69) is 6.92 Å². The molecule has 0 aliphatic rings. The van der Waals surface area contributed by atoms with E-state index in [0.29, 0.717) is 0 Å². The Balaban J connectivity index is -0.000000338. The minimum absolute atomic E-state index is 0. The fourth-order valence-electron chi connectivity index (χ4n) is 1.65. The van der Waals surface area contributed by atoms with E-state index in [-0.39, 0.29) is 48.8 Å². The second-order valence-electron chi connectivity index (χ2n) is 5.19. The molecule has 0 saturated carbocycles. The van der Waals surface area contributed by atoms with Crippen molar-refractivity contribution in [2.45, 2.75) is 77.2 Å². The maximum absolute atomic E-state index is 10.1. The summed E-state index contributed by atoms with van der Waals surface area (Å²) in [6.07, 6.45) is 8.47. The molecule has 0 spiro atoms. The molecule has 0 bridgehead atoms. The molecule has 0 aromatic carbocycles. The van der Waals surface area contributed by atoms with Gasteiger partial charge in [-0.2, -0.15) is 0 Å². The van der Waals surface area contributed by atoms with Crippen molar-refractivity contribution in [3.05, 3.63) is 0 Å². The van der Waals surface area contributed by atoms with Gasteiger partial charge < -0.3 is 26.5 Å². The van der Waals surface area contributed by atoms with Crippen molar-refractivity contribution in [3.8, 4) is 0 Å². The molecule has 0 radical (unpaired) electrons. The number of aliphatic carboxylic acids is 2. The summed E-state index contributed by atoms with van der Waals surface area (Å²) < 4.78 is 0. The summed E-state index contributed by atoms with van der Waals surface area (Å²) in [5.41, 5.74) is 9.81. The quantitative estimate of drug-likeness (QED) is 0.265. The summed E-state index contributed by atoms with van der Waals surface area (Å²) in [7, 11) is 0. The summed E-state index contributed by atoms with van der Waals surface area (Å²) in [4.78, 5) is 30.2. The average Bonchev–Trinajstić information content (AvgIpc) is 2.44. The Hall–Kier alpha value is -0.630. The van der Waals surface area contributed by atoms with Crippen molar-refractivity contribution >= 4 is 17.8 Å². The Labute approximate surface area is 160 Å². The van der Waals surface area contributed by atoms with Gasteiger partial charge in [0.05, 0.1) is 0 Å². The van der Waals surface area contributed by atoms with Crippen LogP contribution in [0.15, 0.2) is 0 Å². The predicted molar refractivity (Wildman–Crippen MR) is 81.7 cm³/mol. The Morgan fingerprint density at radius 1 is 1.00 bits per heavy atom. The van der Waals surface area contributed by atoms with Gasteiger partial charge in [-0.3, -0.25) is 9.59 Å². The molecule has 0 fully saturated rings. The first-order chi connectivity index (χ1) is 10.3. The van der Waals surface area contributed by atoms with Crippen molar-refractivity contribution in [1.29, 1.82) is 0 Å². The molecule has 0 saturated heterocycles. The molecule has 1 amide bonds. The van der Waals surface area contributed by atoms with Crippen molar-refractivity contribution in [3.63, 3.8) is 0 Å². The van der Waals surface area contributed by atoms with E-state index in [1.54, 1.807) is 0 Å². The normalized spacial score (nSPS) is 10.7. The predicted octanol–water partition coefficient (Wildman–Crippen LogP) is -2.46. The minimum Gasteiger partial charge on any atom is -0.550 e. The molecule has 5 N–H and O–H groups in total. The van der Waals surface area contributed by atoms with Crippen molar-refractivity contribution in [1.82, 2.24) is 0 Å². The van der Waals surface area contributed by atoms with Gasteiger partial charge >= 0.3 is 35.5 Å². The van der Waals surface area contributed by atoms with Crippen LogP contribution in [0, 0.1) is 0 Å². The molecule has 8 heteroatoms. The first kappa shape index (κ1) is 27.2. The molecule has 1 atom stereocenters. The van der Waals surface area contributed by atoms with Crippen LogP contribution in [0.5, 0.6) is 0 Å². The second-order valence-corrected chi connectivity index (χ2v) is 5.19. The van der Waals surface area contributed by atoms with Gasteiger partial charge in [-0.15, -0.1) is 0 Å². The van der Waals surface area contributed by atoms with Crippen LogP contribution in [0.3, 0.4) is 0 Å². The van der Waals surface area contributed by atoms with Crippen LogP contribution in [-0.2, 0) is 14.4 Å². The maximum Gasteiger partial charge on any atom is 1.00 e. The van der Waals surface area contributed by atoms with Crippen LogP contribution in [0.2, 0.25) is 0 Å². The van der Waals surface area contributed by atoms with Gasteiger partial charge in [0.2, 0.25) is 5.91 Å². The van der Waals surface area contributed by atoms with Gasteiger partial charge in [0.1, 0.15) is 6.04 Å². The number of unbranched alkanes of at least 4 members (excludes halogenated alkanes) is 6. The molecule has 0 heterocycles. The van der Waals surface area contributed by atoms with Gasteiger partial charge in [-0.25, -0.2) is 0 Å². The zero-order valence-electron chi connectivity index (χ0n) is 14.4. The maximum atomic E-state index is 10.1. The second kappa shape index (κ2) is 19.4. The van der Waals surface area contributed by atoms with Crippen LogP contribution >= 0.6 is 0 Å². The van der Waals surface area contributed by atoms with Crippen LogP contribution < -0.4 is 46.1 Å². The molecule has 7 nitrogen and oxygen atoms in total. The van der Waals surface area contributed by atoms with E-state index >= 15 is 0 Å². The Kier molecular flexibility index (Phi) is 23.0. The number of carbonyl (C=O) groups is 3. The van der Waals surface area contributed by atoms with E-state index in [9.17, 15) is 19.5 Å². The van der Waals surface area contributed by atoms with E-state index in [1.165, 1.54) is 32.1 Å². The molecule has 23 heavy (non-hydrogen) atoms. The minimum atomic E-state index is -1.11. The van der Waals surface area contributed by atoms with Crippen molar-refractivity contribution in [2.24, 2.45) is 11.5 Å². The van der Waals surface area contributed by atoms with E-state index < -0.39 is 23.9 Å². The molecule has 0 aromatic heterocycles. The van der Waals surface area contributed by atoms with E-state index in [0.717, 1.165) is 12.8 Å². The first-order valence-electron chi connectivity index (χ1n) is 7.77. The van der Waals surface area contributed by atoms with Crippen LogP contribution in [0.1, 0.15) is 71.1 Å². The average molecular weight is 340 g/mol. The summed E-state index contributed by atoms with van der Waals surface area (Å²) in [6, 6.07) is -0.979. The molecule has 0 aliphatic carbocycles. The van der Waals surface area contributed by atoms with E-state index in [1.807, 2.05) is 0 Å². The van der Waals surface area contributed by atoms with Crippen molar-refractivity contribution in [2.75, 3.05) is 0 Å². The number of rotatable bonds is 12. The zero-order chi connectivity index (χ0) is 17.4. The van der Waals surface area contributed by atoms with Crippen molar-refractivity contribution < 1.29 is 54.2 Å². The summed E-state index contributed by atoms with van der Waals surface area (Å²) >= 11 is 0. The third kappa shape index (κ3) is 26.6. The standard InChI is InChI=1S/C10H20O2.C5H10N2O3.Na/c1-2-3-4-5-6-7-8-9-10(11)12;6-3(5(9)10)1-2-4(7)8;/h2-9H2,1H3,(H,11,12);3H,1-2,6H2,(H2,7,8)(H,9,10);/q;;+1/p-1. The molecule has 0 rings (SSSR count). The van der Waals surface area contributed by atoms with Gasteiger partial charge in [0.15, 0.2) is 0 Å².